The highest BCUT2D eigenvalue weighted by atomic mass is 32.1. The molecule has 0 radical (unpaired) electrons. The summed E-state index contributed by atoms with van der Waals surface area (Å²) < 4.78 is 0. The lowest BCUT2D eigenvalue weighted by molar-refractivity contribution is 0.403. The van der Waals surface area contributed by atoms with E-state index in [9.17, 15) is 0 Å². The van der Waals surface area contributed by atoms with E-state index in [2.05, 4.69) is 45.7 Å². The zero-order valence-electron chi connectivity index (χ0n) is 10.8. The van der Waals surface area contributed by atoms with Gasteiger partial charge in [0.25, 0.3) is 0 Å². The Bertz CT molecular complexity index is 321. The molecule has 0 bridgehead atoms. The molecule has 0 saturated heterocycles. The second-order valence-corrected chi connectivity index (χ2v) is 5.96. The highest BCUT2D eigenvalue weighted by Crippen LogP contribution is 2.20. The zero-order chi connectivity index (χ0) is 12.1. The smallest absolute Gasteiger partial charge is 0.0302 e. The topological polar surface area (TPSA) is 12.0 Å². The Balaban J connectivity index is 2.42. The van der Waals surface area contributed by atoms with Gasteiger partial charge in [0.15, 0.2) is 0 Å². The van der Waals surface area contributed by atoms with Crippen LogP contribution in [0.2, 0.25) is 0 Å². The molecule has 0 amide bonds. The molecule has 1 nitrogen and oxygen atoms in total. The van der Waals surface area contributed by atoms with Crippen LogP contribution >= 0.6 is 11.3 Å². The number of thiophene rings is 1. The lowest BCUT2D eigenvalue weighted by Gasteiger charge is -2.19. The van der Waals surface area contributed by atoms with Gasteiger partial charge < -0.3 is 5.32 Å². The average Bonchev–Trinajstić information content (AvgIpc) is 2.55. The van der Waals surface area contributed by atoms with Crippen molar-refractivity contribution >= 4 is 11.3 Å². The minimum Gasteiger partial charge on any atom is -0.309 e. The first kappa shape index (κ1) is 13.5. The number of allylic oxidation sites excluding steroid dienone is 1. The van der Waals surface area contributed by atoms with Crippen LogP contribution in [-0.2, 0) is 6.54 Å². The van der Waals surface area contributed by atoms with Crippen molar-refractivity contribution in [3.8, 4) is 0 Å². The maximum Gasteiger partial charge on any atom is 0.0302 e. The maximum absolute atomic E-state index is 3.79. The predicted molar refractivity (Wildman–Crippen MR) is 74.1 cm³/mol. The molecule has 1 rings (SSSR count). The normalized spacial score (nSPS) is 14.8. The minimum absolute atomic E-state index is 0.542. The molecule has 0 aliphatic rings. The molecule has 2 heteroatoms. The Morgan fingerprint density at radius 2 is 2.12 bits per heavy atom. The lowest BCUT2D eigenvalue weighted by atomic mass is 10.00. The van der Waals surface area contributed by atoms with Gasteiger partial charge in [0.05, 0.1) is 0 Å². The molecule has 0 aliphatic carbocycles. The largest absolute Gasteiger partial charge is 0.309 e. The van der Waals surface area contributed by atoms with Crippen LogP contribution in [0.25, 0.3) is 0 Å². The van der Waals surface area contributed by atoms with Crippen LogP contribution in [0.1, 0.15) is 35.6 Å². The first-order chi connectivity index (χ1) is 7.54. The number of aryl methyl sites for hydroxylation is 2. The van der Waals surface area contributed by atoms with Crippen LogP contribution in [-0.4, -0.2) is 6.04 Å². The van der Waals surface area contributed by atoms with Crippen molar-refractivity contribution in [3.05, 3.63) is 34.0 Å². The molecule has 0 spiro atoms. The molecule has 0 saturated carbocycles. The van der Waals surface area contributed by atoms with E-state index in [-0.39, 0.29) is 0 Å². The molecular weight excluding hydrogens is 214 g/mol. The molecule has 1 aromatic rings. The number of rotatable bonds is 6. The van der Waals surface area contributed by atoms with E-state index in [1.165, 1.54) is 15.3 Å². The summed E-state index contributed by atoms with van der Waals surface area (Å²) in [6.45, 7) is 13.7. The van der Waals surface area contributed by atoms with E-state index >= 15 is 0 Å². The van der Waals surface area contributed by atoms with Gasteiger partial charge in [0, 0.05) is 22.3 Å². The van der Waals surface area contributed by atoms with Crippen LogP contribution in [0.15, 0.2) is 18.7 Å². The Morgan fingerprint density at radius 3 is 2.62 bits per heavy atom. The molecule has 1 heterocycles. The summed E-state index contributed by atoms with van der Waals surface area (Å²) in [5, 5.41) is 3.59. The molecule has 1 aromatic heterocycles. The molecule has 2 unspecified atom stereocenters. The quantitative estimate of drug-likeness (QED) is 0.736. The number of hydrogen-bond acceptors (Lipinski definition) is 2. The van der Waals surface area contributed by atoms with Gasteiger partial charge >= 0.3 is 0 Å². The SMILES string of the molecule is C=CCC(C)C(C)NCc1cc(C)c(C)s1. The monoisotopic (exact) mass is 237 g/mol. The number of hydrogen-bond donors (Lipinski definition) is 1. The summed E-state index contributed by atoms with van der Waals surface area (Å²) in [4.78, 5) is 2.87. The lowest BCUT2D eigenvalue weighted by Crippen LogP contribution is -2.31. The summed E-state index contributed by atoms with van der Waals surface area (Å²) in [6.07, 6.45) is 3.08. The van der Waals surface area contributed by atoms with Crippen molar-refractivity contribution < 1.29 is 0 Å². The van der Waals surface area contributed by atoms with Gasteiger partial charge in [0.1, 0.15) is 0 Å². The van der Waals surface area contributed by atoms with Gasteiger partial charge in [-0.3, -0.25) is 0 Å². The van der Waals surface area contributed by atoms with Crippen molar-refractivity contribution in [1.82, 2.24) is 5.32 Å². The Hall–Kier alpha value is -0.600. The van der Waals surface area contributed by atoms with Gasteiger partial charge in [0.2, 0.25) is 0 Å². The second-order valence-electron chi connectivity index (χ2n) is 4.62. The van der Waals surface area contributed by atoms with Crippen molar-refractivity contribution in [3.63, 3.8) is 0 Å². The third kappa shape index (κ3) is 3.76. The average molecular weight is 237 g/mol. The summed E-state index contributed by atoms with van der Waals surface area (Å²) in [5.41, 5.74) is 1.41. The molecule has 90 valence electrons. The van der Waals surface area contributed by atoms with Crippen LogP contribution in [0.3, 0.4) is 0 Å². The molecule has 0 fully saturated rings. The fourth-order valence-corrected chi connectivity index (χ4v) is 2.67. The Kier molecular flexibility index (Phi) is 5.23. The first-order valence-corrected chi connectivity index (χ1v) is 6.76. The zero-order valence-corrected chi connectivity index (χ0v) is 11.7. The van der Waals surface area contributed by atoms with E-state index in [1.54, 1.807) is 0 Å². The Morgan fingerprint density at radius 1 is 1.44 bits per heavy atom. The highest BCUT2D eigenvalue weighted by molar-refractivity contribution is 7.12. The predicted octanol–water partition coefficient (Wildman–Crippen LogP) is 4.06. The van der Waals surface area contributed by atoms with Crippen LogP contribution < -0.4 is 5.32 Å². The molecule has 0 aliphatic heterocycles. The third-order valence-electron chi connectivity index (χ3n) is 3.21. The van der Waals surface area contributed by atoms with Crippen LogP contribution in [0.4, 0.5) is 0 Å². The van der Waals surface area contributed by atoms with Crippen molar-refractivity contribution in [2.45, 2.75) is 46.7 Å². The number of nitrogens with one attached hydrogen (secondary N) is 1. The fraction of sp³-hybridized carbons (Fsp3) is 0.571. The van der Waals surface area contributed by atoms with Crippen molar-refractivity contribution in [2.75, 3.05) is 0 Å². The van der Waals surface area contributed by atoms with Gasteiger partial charge in [-0.15, -0.1) is 17.9 Å². The van der Waals surface area contributed by atoms with E-state index in [4.69, 9.17) is 0 Å². The first-order valence-electron chi connectivity index (χ1n) is 5.94. The van der Waals surface area contributed by atoms with E-state index in [0.717, 1.165) is 13.0 Å². The summed E-state index contributed by atoms with van der Waals surface area (Å²) in [7, 11) is 0. The third-order valence-corrected chi connectivity index (χ3v) is 4.36. The Labute approximate surface area is 104 Å². The maximum atomic E-state index is 3.79. The molecule has 2 atom stereocenters. The minimum atomic E-state index is 0.542. The van der Waals surface area contributed by atoms with Gasteiger partial charge in [-0.25, -0.2) is 0 Å². The van der Waals surface area contributed by atoms with E-state index in [0.29, 0.717) is 12.0 Å². The van der Waals surface area contributed by atoms with Crippen LogP contribution in [0.5, 0.6) is 0 Å². The molecule has 0 aromatic carbocycles. The summed E-state index contributed by atoms with van der Waals surface area (Å²) >= 11 is 1.90. The molecular formula is C14H23NS. The molecule has 16 heavy (non-hydrogen) atoms. The summed E-state index contributed by atoms with van der Waals surface area (Å²) in [5.74, 6) is 0.652. The van der Waals surface area contributed by atoms with Crippen LogP contribution in [0, 0.1) is 19.8 Å². The van der Waals surface area contributed by atoms with E-state index < -0.39 is 0 Å². The fourth-order valence-electron chi connectivity index (χ4n) is 1.67. The van der Waals surface area contributed by atoms with Crippen molar-refractivity contribution in [2.24, 2.45) is 5.92 Å². The molecule has 1 N–H and O–H groups in total. The van der Waals surface area contributed by atoms with Crippen molar-refractivity contribution in [1.29, 1.82) is 0 Å². The standard InChI is InChI=1S/C14H23NS/c1-6-7-10(2)12(4)15-9-14-8-11(3)13(5)16-14/h6,8,10,12,15H,1,7,9H2,2-5H3. The summed E-state index contributed by atoms with van der Waals surface area (Å²) in [6, 6.07) is 2.83. The van der Waals surface area contributed by atoms with Gasteiger partial charge in [-0.05, 0) is 44.7 Å². The van der Waals surface area contributed by atoms with Gasteiger partial charge in [-0.1, -0.05) is 13.0 Å². The van der Waals surface area contributed by atoms with Gasteiger partial charge in [-0.2, -0.15) is 0 Å². The highest BCUT2D eigenvalue weighted by Gasteiger charge is 2.10. The second kappa shape index (κ2) is 6.21. The van der Waals surface area contributed by atoms with E-state index in [1.807, 2.05) is 17.4 Å².